The summed E-state index contributed by atoms with van der Waals surface area (Å²) in [7, 11) is 0. The Bertz CT molecular complexity index is 1330. The highest BCUT2D eigenvalue weighted by atomic mass is 16.6. The Morgan fingerprint density at radius 1 is 0.976 bits per heavy atom. The molecule has 6 aliphatic carbocycles. The summed E-state index contributed by atoms with van der Waals surface area (Å²) in [5.41, 5.74) is -5.86. The van der Waals surface area contributed by atoms with Gasteiger partial charge in [-0.25, -0.2) is 0 Å². The minimum atomic E-state index is -1.76. The molecule has 15 unspecified atom stereocenters. The van der Waals surface area contributed by atoms with Crippen LogP contribution < -0.4 is 0 Å². The predicted molar refractivity (Wildman–Crippen MR) is 143 cm³/mol. The summed E-state index contributed by atoms with van der Waals surface area (Å²) in [5, 5.41) is 26.5. The van der Waals surface area contributed by atoms with Crippen LogP contribution in [-0.2, 0) is 38.1 Å². The smallest absolute Gasteiger partial charge is 0.309 e. The molecule has 9 aliphatic rings. The Morgan fingerprint density at radius 2 is 1.57 bits per heavy atom. The lowest BCUT2D eigenvalue weighted by Crippen LogP contribution is -2.83. The van der Waals surface area contributed by atoms with Crippen molar-refractivity contribution in [2.75, 3.05) is 6.54 Å². The van der Waals surface area contributed by atoms with Crippen molar-refractivity contribution in [1.82, 2.24) is 4.90 Å². The van der Waals surface area contributed by atoms with Crippen molar-refractivity contribution in [1.29, 1.82) is 0 Å². The van der Waals surface area contributed by atoms with Gasteiger partial charge in [0.15, 0.2) is 0 Å². The number of esters is 4. The Labute approximate surface area is 244 Å². The van der Waals surface area contributed by atoms with Gasteiger partial charge in [-0.2, -0.15) is 0 Å². The van der Waals surface area contributed by atoms with E-state index in [1.165, 1.54) is 20.8 Å². The van der Waals surface area contributed by atoms with Crippen LogP contribution in [0.2, 0.25) is 0 Å². The zero-order valence-electron chi connectivity index (χ0n) is 25.0. The molecule has 0 aromatic carbocycles. The summed E-state index contributed by atoms with van der Waals surface area (Å²) in [5.74, 6) is -3.63. The van der Waals surface area contributed by atoms with Gasteiger partial charge >= 0.3 is 23.9 Å². The lowest BCUT2D eigenvalue weighted by molar-refractivity contribution is -0.347. The first kappa shape index (κ1) is 28.3. The van der Waals surface area contributed by atoms with E-state index in [-0.39, 0.29) is 24.8 Å². The van der Waals surface area contributed by atoms with Gasteiger partial charge in [0, 0.05) is 49.6 Å². The summed E-state index contributed by atoms with van der Waals surface area (Å²) in [6.45, 7) is 14.3. The molecule has 0 radical (unpaired) electrons. The molecule has 11 nitrogen and oxygen atoms in total. The molecule has 3 aliphatic heterocycles. The van der Waals surface area contributed by atoms with E-state index in [2.05, 4.69) is 11.5 Å². The van der Waals surface area contributed by atoms with Crippen molar-refractivity contribution in [3.8, 4) is 0 Å². The molecule has 9 bridgehead atoms. The minimum Gasteiger partial charge on any atom is -0.459 e. The molecule has 6 saturated carbocycles. The van der Waals surface area contributed by atoms with Crippen LogP contribution in [-0.4, -0.2) is 93.2 Å². The molecule has 3 heterocycles. The summed E-state index contributed by atoms with van der Waals surface area (Å²) >= 11 is 0. The van der Waals surface area contributed by atoms with Crippen molar-refractivity contribution in [3.05, 3.63) is 12.2 Å². The van der Waals surface area contributed by atoms with Crippen molar-refractivity contribution in [2.24, 2.45) is 34.0 Å². The van der Waals surface area contributed by atoms with E-state index in [9.17, 15) is 29.4 Å². The molecule has 0 aromatic rings. The number of hydrogen-bond acceptors (Lipinski definition) is 11. The van der Waals surface area contributed by atoms with E-state index < -0.39 is 93.6 Å². The molecule has 3 saturated heterocycles. The molecule has 0 aromatic heterocycles. The highest BCUT2D eigenvalue weighted by molar-refractivity contribution is 5.73. The highest BCUT2D eigenvalue weighted by Gasteiger charge is 3.01. The SMILES string of the molecule is C=C1CC23CC4C5C6(C)CN4C4C2(O)C(OC(C)=O)C1C(OC(C)=O)C3(O)C54CC(OC(=O)C(C)CC)C6OC(C)=O. The van der Waals surface area contributed by atoms with E-state index in [0.29, 0.717) is 25.0 Å². The van der Waals surface area contributed by atoms with Crippen molar-refractivity contribution in [2.45, 2.75) is 115 Å². The van der Waals surface area contributed by atoms with E-state index in [1.54, 1.807) is 6.92 Å². The number of carbonyl (C=O) groups is 4. The summed E-state index contributed by atoms with van der Waals surface area (Å²) in [4.78, 5) is 53.1. The highest BCUT2D eigenvalue weighted by Crippen LogP contribution is 2.89. The Morgan fingerprint density at radius 3 is 2.17 bits per heavy atom. The minimum absolute atomic E-state index is 0.0803. The third-order valence-electron chi connectivity index (χ3n) is 12.8. The Kier molecular flexibility index (Phi) is 5.49. The number of piperidine rings is 2. The molecule has 0 amide bonds. The van der Waals surface area contributed by atoms with Gasteiger partial charge in [-0.3, -0.25) is 24.1 Å². The molecule has 15 atom stereocenters. The maximum absolute atomic E-state index is 13.4. The van der Waals surface area contributed by atoms with Crippen molar-refractivity contribution in [3.63, 3.8) is 0 Å². The van der Waals surface area contributed by atoms with Crippen LogP contribution in [0.5, 0.6) is 0 Å². The number of nitrogens with zero attached hydrogens (tertiary/aromatic N) is 1. The molecule has 11 heteroatoms. The quantitative estimate of drug-likeness (QED) is 0.263. The summed E-state index contributed by atoms with van der Waals surface area (Å²) in [6, 6.07) is -0.751. The number of hydrogen-bond donors (Lipinski definition) is 2. The van der Waals surface area contributed by atoms with Gasteiger partial charge in [-0.1, -0.05) is 32.9 Å². The van der Waals surface area contributed by atoms with E-state index >= 15 is 0 Å². The second kappa shape index (κ2) is 8.15. The van der Waals surface area contributed by atoms with Gasteiger partial charge in [0.2, 0.25) is 0 Å². The van der Waals surface area contributed by atoms with Crippen LogP contribution in [0.3, 0.4) is 0 Å². The average Bonchev–Trinajstić information content (AvgIpc) is 3.31. The van der Waals surface area contributed by atoms with Crippen LogP contribution in [0.15, 0.2) is 12.2 Å². The van der Waals surface area contributed by atoms with Crippen LogP contribution >= 0.6 is 0 Å². The van der Waals surface area contributed by atoms with Gasteiger partial charge in [-0.15, -0.1) is 0 Å². The maximum Gasteiger partial charge on any atom is 0.309 e. The number of ether oxygens (including phenoxy) is 4. The summed E-state index contributed by atoms with van der Waals surface area (Å²) < 4.78 is 24.1. The van der Waals surface area contributed by atoms with Crippen molar-refractivity contribution < 1.29 is 48.3 Å². The number of fused-ring (bicyclic) bond motifs is 1. The van der Waals surface area contributed by atoms with E-state index in [1.807, 2.05) is 13.8 Å². The van der Waals surface area contributed by atoms with Crippen LogP contribution in [0, 0.1) is 34.0 Å². The average molecular weight is 588 g/mol. The normalized spacial score (nSPS) is 54.0. The third kappa shape index (κ3) is 2.68. The fraction of sp³-hybridized carbons (Fsp3) is 0.806. The first-order valence-corrected chi connectivity index (χ1v) is 15.2. The van der Waals surface area contributed by atoms with E-state index in [0.717, 1.165) is 0 Å². The van der Waals surface area contributed by atoms with Crippen LogP contribution in [0.4, 0.5) is 0 Å². The lowest BCUT2D eigenvalue weighted by Gasteiger charge is -2.71. The van der Waals surface area contributed by atoms with Crippen LogP contribution in [0.25, 0.3) is 0 Å². The molecule has 230 valence electrons. The molecular formula is C31H41NO10. The summed E-state index contributed by atoms with van der Waals surface area (Å²) in [6.07, 6.45) is -2.62. The van der Waals surface area contributed by atoms with E-state index in [4.69, 9.17) is 18.9 Å². The van der Waals surface area contributed by atoms with Gasteiger partial charge < -0.3 is 29.2 Å². The van der Waals surface area contributed by atoms with Gasteiger partial charge in [0.1, 0.15) is 35.6 Å². The lowest BCUT2D eigenvalue weighted by atomic mass is 9.36. The monoisotopic (exact) mass is 587 g/mol. The van der Waals surface area contributed by atoms with Gasteiger partial charge in [0.05, 0.1) is 17.9 Å². The number of aliphatic hydroxyl groups is 2. The zero-order chi connectivity index (χ0) is 30.5. The molecule has 42 heavy (non-hydrogen) atoms. The topological polar surface area (TPSA) is 149 Å². The molecular weight excluding hydrogens is 546 g/mol. The zero-order valence-corrected chi connectivity index (χ0v) is 25.0. The van der Waals surface area contributed by atoms with Crippen molar-refractivity contribution >= 4 is 23.9 Å². The Balaban J connectivity index is 1.47. The fourth-order valence-electron chi connectivity index (χ4n) is 12.0. The first-order chi connectivity index (χ1) is 19.6. The predicted octanol–water partition coefficient (Wildman–Crippen LogP) is 1.27. The maximum atomic E-state index is 13.4. The fourth-order valence-corrected chi connectivity index (χ4v) is 12.0. The molecule has 9 rings (SSSR count). The first-order valence-electron chi connectivity index (χ1n) is 15.2. The Hall–Kier alpha value is -2.50. The van der Waals surface area contributed by atoms with Crippen LogP contribution in [0.1, 0.15) is 67.2 Å². The molecule has 9 fully saturated rings. The molecule has 2 N–H and O–H groups in total. The second-order valence-corrected chi connectivity index (χ2v) is 14.5. The third-order valence-corrected chi connectivity index (χ3v) is 12.8. The standard InChI is InChI=1S/C31H41NO10/c1-8-13(2)25(36)42-19-11-29-21-18-10-28-9-14(3)20(24(31(28,29)38)41-17(6)35)23(40-16(5)34)30(28,37)26(29)32(18)12-27(21,7)22(19)39-15(4)33/h13,18-24,26,37-38H,3,8-12H2,1-2,4-7H3. The second-order valence-electron chi connectivity index (χ2n) is 14.5. The number of carbonyl (C=O) groups excluding carboxylic acids is 4. The number of rotatable bonds is 6. The van der Waals surface area contributed by atoms with Gasteiger partial charge in [-0.05, 0) is 31.6 Å². The largest absolute Gasteiger partial charge is 0.459 e. The molecule has 2 spiro atoms. The van der Waals surface area contributed by atoms with Gasteiger partial charge in [0.25, 0.3) is 0 Å².